The predicted octanol–water partition coefficient (Wildman–Crippen LogP) is 12.6. The van der Waals surface area contributed by atoms with Gasteiger partial charge in [-0.15, -0.1) is 0 Å². The van der Waals surface area contributed by atoms with E-state index in [1.165, 1.54) is 49.4 Å². The van der Waals surface area contributed by atoms with E-state index >= 15 is 0 Å². The average Bonchev–Trinajstić information content (AvgIpc) is 3.18. The molecule has 0 radical (unpaired) electrons. The van der Waals surface area contributed by atoms with Crippen LogP contribution in [0.3, 0.4) is 0 Å². The van der Waals surface area contributed by atoms with Crippen molar-refractivity contribution in [1.82, 2.24) is 0 Å². The van der Waals surface area contributed by atoms with Gasteiger partial charge in [-0.05, 0) is 60.0 Å². The molecule has 0 amide bonds. The van der Waals surface area contributed by atoms with Crippen LogP contribution in [0.25, 0.3) is 0 Å². The van der Waals surface area contributed by atoms with Gasteiger partial charge in [0.15, 0.2) is 0 Å². The maximum absolute atomic E-state index is 4.67. The zero-order chi connectivity index (χ0) is 39.7. The van der Waals surface area contributed by atoms with Crippen LogP contribution in [-0.4, -0.2) is 0 Å². The van der Waals surface area contributed by atoms with Crippen LogP contribution in [-0.2, 0) is 17.6 Å². The molecule has 0 saturated carbocycles. The Hall–Kier alpha value is -3.41. The molecular weight excluding hydrogens is 888 g/mol. The molecule has 0 spiro atoms. The molecule has 6 aromatic carbocycles. The summed E-state index contributed by atoms with van der Waals surface area (Å²) in [6.07, 6.45) is 9.32. The summed E-state index contributed by atoms with van der Waals surface area (Å²) in [6.45, 7) is 17.0. The van der Waals surface area contributed by atoms with Gasteiger partial charge in [-0.3, -0.25) is 6.08 Å². The summed E-state index contributed by atoms with van der Waals surface area (Å²) in [6, 6.07) is 64.7. The molecule has 0 nitrogen and oxygen atoms in total. The molecule has 0 bridgehead atoms. The number of rotatable bonds is 6. The second-order valence-corrected chi connectivity index (χ2v) is 18.8. The molecule has 0 heterocycles. The minimum Gasteiger partial charge on any atom is -0.0622 e. The summed E-state index contributed by atoms with van der Waals surface area (Å²) in [5.41, 5.74) is 0.684. The van der Waals surface area contributed by atoms with Gasteiger partial charge in [0.1, 0.15) is 0 Å². The topological polar surface area (TPSA) is 0 Å². The van der Waals surface area contributed by atoms with E-state index in [-0.39, 0.29) is 0 Å². The number of halogens is 1. The Morgan fingerprint density at radius 2 is 0.611 bits per heavy atom. The van der Waals surface area contributed by atoms with Crippen molar-refractivity contribution in [3.8, 4) is 0 Å². The summed E-state index contributed by atoms with van der Waals surface area (Å²) >= 11 is 1.33. The Morgan fingerprint density at radius 1 is 0.407 bits per heavy atom. The first-order chi connectivity index (χ1) is 26.0. The SMILES string of the molecule is C/C=C/C(C)(C)C.C[C-]=CC(C)(C)C.[Cl][Os].c1ccc(P(c2ccccc2)c2ccccc2)cc1.c1ccc(P(c2ccccc2)c2ccccc2)cc1. The van der Waals surface area contributed by atoms with Crippen molar-refractivity contribution >= 4 is 57.3 Å². The van der Waals surface area contributed by atoms with Crippen molar-refractivity contribution in [3.05, 3.63) is 206 Å². The van der Waals surface area contributed by atoms with Gasteiger partial charge in [0.25, 0.3) is 0 Å². The molecule has 0 aliphatic heterocycles. The Balaban J connectivity index is 0.000000270. The largest absolute Gasteiger partial charge is 0.0622 e. The van der Waals surface area contributed by atoms with Crippen LogP contribution >= 0.6 is 25.5 Å². The molecule has 6 aromatic rings. The summed E-state index contributed by atoms with van der Waals surface area (Å²) < 4.78 is 0. The number of hydrogen-bond donors (Lipinski definition) is 0. The van der Waals surface area contributed by atoms with Gasteiger partial charge in [0, 0.05) is 0 Å². The van der Waals surface area contributed by atoms with E-state index in [2.05, 4.69) is 257 Å². The van der Waals surface area contributed by atoms with Gasteiger partial charge in [-0.1, -0.05) is 241 Å². The molecule has 0 aliphatic carbocycles. The van der Waals surface area contributed by atoms with Crippen molar-refractivity contribution in [1.29, 1.82) is 0 Å². The minimum absolute atomic E-state index is 0.314. The Bertz CT molecular complexity index is 1500. The molecule has 54 heavy (non-hydrogen) atoms. The Labute approximate surface area is 345 Å². The van der Waals surface area contributed by atoms with Gasteiger partial charge in [-0.2, -0.15) is 6.92 Å². The second-order valence-electron chi connectivity index (χ2n) is 14.3. The van der Waals surface area contributed by atoms with Crippen LogP contribution in [0.1, 0.15) is 55.4 Å². The van der Waals surface area contributed by atoms with Crippen molar-refractivity contribution < 1.29 is 17.6 Å². The normalized spacial score (nSPS) is 11.0. The van der Waals surface area contributed by atoms with E-state index < -0.39 is 15.8 Å². The van der Waals surface area contributed by atoms with Gasteiger partial charge >= 0.3 is 27.2 Å². The van der Waals surface area contributed by atoms with E-state index in [1.807, 2.05) is 13.8 Å². The Kier molecular flexibility index (Phi) is 22.9. The average molecular weight is 946 g/mol. The zero-order valence-corrected chi connectivity index (χ0v) is 38.3. The van der Waals surface area contributed by atoms with Crippen molar-refractivity contribution in [2.24, 2.45) is 10.8 Å². The quantitative estimate of drug-likeness (QED) is 0.0887. The van der Waals surface area contributed by atoms with Gasteiger partial charge < -0.3 is 6.08 Å². The molecule has 0 N–H and O–H groups in total. The van der Waals surface area contributed by atoms with Crippen molar-refractivity contribution in [2.45, 2.75) is 55.4 Å². The second kappa shape index (κ2) is 26.4. The first-order valence-electron chi connectivity index (χ1n) is 18.2. The van der Waals surface area contributed by atoms with Crippen LogP contribution < -0.4 is 31.8 Å². The summed E-state index contributed by atoms with van der Waals surface area (Å²) in [7, 11) is 3.77. The maximum Gasteiger partial charge on any atom is -0.0134 e. The predicted molar refractivity (Wildman–Crippen MR) is 243 cm³/mol. The van der Waals surface area contributed by atoms with Crippen molar-refractivity contribution in [2.75, 3.05) is 0 Å². The number of hydrogen-bond acceptors (Lipinski definition) is 0. The van der Waals surface area contributed by atoms with Gasteiger partial charge in [-0.25, -0.2) is 0 Å². The van der Waals surface area contributed by atoms with E-state index in [4.69, 9.17) is 0 Å². The zero-order valence-electron chi connectivity index (χ0n) is 33.2. The van der Waals surface area contributed by atoms with Gasteiger partial charge in [0.2, 0.25) is 0 Å². The Morgan fingerprint density at radius 3 is 0.704 bits per heavy atom. The molecule has 0 fully saturated rings. The van der Waals surface area contributed by atoms with Gasteiger partial charge in [0.05, 0.1) is 0 Å². The molecule has 0 saturated heterocycles. The van der Waals surface area contributed by atoms with Crippen LogP contribution in [0.5, 0.6) is 0 Å². The van der Waals surface area contributed by atoms with E-state index in [0.29, 0.717) is 10.8 Å². The molecule has 0 aromatic heterocycles. The molecule has 6 rings (SSSR count). The third kappa shape index (κ3) is 18.8. The van der Waals surface area contributed by atoms with Crippen LogP contribution in [0.4, 0.5) is 0 Å². The summed E-state index contributed by atoms with van der Waals surface area (Å²) in [5.74, 6) is 0. The fraction of sp³-hybridized carbons (Fsp3) is 0.200. The molecule has 4 heteroatoms. The third-order valence-corrected chi connectivity index (χ3v) is 12.2. The smallest absolute Gasteiger partial charge is 0.0134 e. The standard InChI is InChI=1S/2C18H15P.C7H14.C7H13.ClH.Os/c2*1-4-10-16(11-5-1)19(17-12-6-2-7-13-17)18-14-8-3-9-15-18;2*1-5-6-7(2,3)4;;/h2*1-15H;5-6H,1-4H3;6H,1-4H3;1H;/q;;;-1;;+1/p-1/b;;6-5+;;;. The van der Waals surface area contributed by atoms with E-state index in [1.54, 1.807) is 0 Å². The van der Waals surface area contributed by atoms with E-state index in [0.717, 1.165) is 0 Å². The first-order valence-corrected chi connectivity index (χ1v) is 24.0. The van der Waals surface area contributed by atoms with Crippen molar-refractivity contribution in [3.63, 3.8) is 0 Å². The van der Waals surface area contributed by atoms with Crippen LogP contribution in [0, 0.1) is 16.9 Å². The third-order valence-electron chi connectivity index (χ3n) is 7.33. The molecule has 0 unspecified atom stereocenters. The summed E-state index contributed by atoms with van der Waals surface area (Å²) in [5, 5.41) is 8.39. The number of allylic oxidation sites excluding steroid dienone is 4. The molecule has 0 atom stereocenters. The van der Waals surface area contributed by atoms with Crippen LogP contribution in [0.2, 0.25) is 0 Å². The fourth-order valence-electron chi connectivity index (χ4n) is 5.29. The summed E-state index contributed by atoms with van der Waals surface area (Å²) in [4.78, 5) is 0. The van der Waals surface area contributed by atoms with E-state index in [9.17, 15) is 0 Å². The van der Waals surface area contributed by atoms with Crippen LogP contribution in [0.15, 0.2) is 200 Å². The molecule has 0 aliphatic rings. The number of benzene rings is 6. The minimum atomic E-state index is -0.446. The molecule has 283 valence electrons. The first kappa shape index (κ1) is 46.7. The maximum atomic E-state index is 4.67. The monoisotopic (exact) mass is 946 g/mol. The molecular formula is C50H57ClOsP2-. The fourth-order valence-corrected chi connectivity index (χ4v) is 9.90.